The molecular weight excluding hydrogens is 386 g/mol. The monoisotopic (exact) mass is 411 g/mol. The van der Waals surface area contributed by atoms with Gasteiger partial charge in [-0.25, -0.2) is 0 Å². The predicted molar refractivity (Wildman–Crippen MR) is 114 cm³/mol. The summed E-state index contributed by atoms with van der Waals surface area (Å²) in [5.74, 6) is 1.41. The van der Waals surface area contributed by atoms with Gasteiger partial charge in [0.15, 0.2) is 0 Å². The molecule has 1 aromatic heterocycles. The number of rotatable bonds is 10. The van der Waals surface area contributed by atoms with Gasteiger partial charge < -0.3 is 14.5 Å². The fraction of sp³-hybridized carbons (Fsp3) is 0.318. The summed E-state index contributed by atoms with van der Waals surface area (Å²) in [6, 6.07) is 17.8. The van der Waals surface area contributed by atoms with Crippen molar-refractivity contribution in [2.24, 2.45) is 0 Å². The van der Waals surface area contributed by atoms with Gasteiger partial charge in [-0.2, -0.15) is 0 Å². The molecule has 0 spiro atoms. The molecule has 0 radical (unpaired) electrons. The lowest BCUT2D eigenvalue weighted by Crippen LogP contribution is -2.34. The van der Waals surface area contributed by atoms with Crippen LogP contribution >= 0.6 is 11.8 Å². The largest absolute Gasteiger partial charge is 0.494 e. The van der Waals surface area contributed by atoms with Gasteiger partial charge in [-0.15, -0.1) is 10.2 Å². The highest BCUT2D eigenvalue weighted by Gasteiger charge is 2.13. The van der Waals surface area contributed by atoms with Crippen molar-refractivity contribution < 1.29 is 13.9 Å². The van der Waals surface area contributed by atoms with E-state index in [4.69, 9.17) is 9.15 Å². The van der Waals surface area contributed by atoms with Gasteiger partial charge in [0.1, 0.15) is 5.75 Å². The molecule has 6 nitrogen and oxygen atoms in total. The molecule has 3 rings (SSSR count). The molecule has 152 valence electrons. The third-order valence-electron chi connectivity index (χ3n) is 4.26. The lowest BCUT2D eigenvalue weighted by atomic mass is 10.1. The maximum absolute atomic E-state index is 12.2. The Bertz CT molecular complexity index is 897. The van der Waals surface area contributed by atoms with E-state index >= 15 is 0 Å². The van der Waals surface area contributed by atoms with Crippen LogP contribution in [0.3, 0.4) is 0 Å². The van der Waals surface area contributed by atoms with Gasteiger partial charge in [-0.05, 0) is 56.5 Å². The number of ether oxygens (including phenoxy) is 1. The molecule has 1 N–H and O–H groups in total. The molecule has 7 heteroatoms. The Morgan fingerprint density at radius 3 is 2.62 bits per heavy atom. The van der Waals surface area contributed by atoms with Crippen LogP contribution in [0.5, 0.6) is 5.75 Å². The molecule has 1 unspecified atom stereocenters. The molecule has 0 aliphatic heterocycles. The molecule has 0 saturated heterocycles. The van der Waals surface area contributed by atoms with Crippen LogP contribution in [0.2, 0.25) is 0 Å². The van der Waals surface area contributed by atoms with Gasteiger partial charge in [0, 0.05) is 11.6 Å². The van der Waals surface area contributed by atoms with Crippen molar-refractivity contribution in [2.45, 2.75) is 38.0 Å². The van der Waals surface area contributed by atoms with Gasteiger partial charge in [0.05, 0.1) is 12.4 Å². The molecule has 0 bridgehead atoms. The average molecular weight is 412 g/mol. The number of hydrogen-bond acceptors (Lipinski definition) is 6. The Balaban J connectivity index is 1.43. The second kappa shape index (κ2) is 10.7. The standard InChI is InChI=1S/C22H25N3O3S/c1-3-27-19-13-11-18(12-14-19)21-24-25-22(28-21)29-15-20(26)23-16(2)9-10-17-7-5-4-6-8-17/h4-8,11-14,16H,3,9-10,15H2,1-2H3,(H,23,26). The number of carbonyl (C=O) groups is 1. The number of amides is 1. The fourth-order valence-electron chi connectivity index (χ4n) is 2.79. The number of nitrogens with zero attached hydrogens (tertiary/aromatic N) is 2. The summed E-state index contributed by atoms with van der Waals surface area (Å²) in [6.07, 6.45) is 1.83. The number of carbonyl (C=O) groups excluding carboxylic acids is 1. The van der Waals surface area contributed by atoms with Crippen molar-refractivity contribution in [1.29, 1.82) is 0 Å². The normalized spacial score (nSPS) is 11.8. The minimum Gasteiger partial charge on any atom is -0.494 e. The van der Waals surface area contributed by atoms with E-state index in [-0.39, 0.29) is 17.7 Å². The SMILES string of the molecule is CCOc1ccc(-c2nnc(SCC(=O)NC(C)CCc3ccccc3)o2)cc1. The zero-order valence-corrected chi connectivity index (χ0v) is 17.4. The van der Waals surface area contributed by atoms with E-state index in [2.05, 4.69) is 27.6 Å². The van der Waals surface area contributed by atoms with Crippen LogP contribution in [0.1, 0.15) is 25.8 Å². The molecule has 1 heterocycles. The molecule has 1 amide bonds. The van der Waals surface area contributed by atoms with Crippen LogP contribution < -0.4 is 10.1 Å². The third-order valence-corrected chi connectivity index (χ3v) is 5.08. The van der Waals surface area contributed by atoms with Crippen molar-refractivity contribution in [2.75, 3.05) is 12.4 Å². The average Bonchev–Trinajstić information content (AvgIpc) is 3.21. The summed E-state index contributed by atoms with van der Waals surface area (Å²) in [5, 5.41) is 11.5. The van der Waals surface area contributed by atoms with Crippen LogP contribution in [0, 0.1) is 0 Å². The van der Waals surface area contributed by atoms with Gasteiger partial charge in [-0.3, -0.25) is 4.79 Å². The first-order valence-corrected chi connectivity index (χ1v) is 10.7. The summed E-state index contributed by atoms with van der Waals surface area (Å²) < 4.78 is 11.1. The summed E-state index contributed by atoms with van der Waals surface area (Å²) >= 11 is 1.23. The lowest BCUT2D eigenvalue weighted by Gasteiger charge is -2.13. The highest BCUT2D eigenvalue weighted by Crippen LogP contribution is 2.24. The summed E-state index contributed by atoms with van der Waals surface area (Å²) in [5.41, 5.74) is 2.09. The Hall–Kier alpha value is -2.80. The number of aromatic nitrogens is 2. The predicted octanol–water partition coefficient (Wildman–Crippen LogP) is 4.36. The fourth-order valence-corrected chi connectivity index (χ4v) is 3.36. The number of aryl methyl sites for hydroxylation is 1. The van der Waals surface area contributed by atoms with Crippen LogP contribution in [0.15, 0.2) is 64.2 Å². The first-order valence-electron chi connectivity index (χ1n) is 9.67. The quantitative estimate of drug-likeness (QED) is 0.499. The van der Waals surface area contributed by atoms with E-state index < -0.39 is 0 Å². The van der Waals surface area contributed by atoms with Gasteiger partial charge in [0.2, 0.25) is 11.8 Å². The van der Waals surface area contributed by atoms with Crippen molar-refractivity contribution in [3.05, 3.63) is 60.2 Å². The Kier molecular flexibility index (Phi) is 7.69. The summed E-state index contributed by atoms with van der Waals surface area (Å²) in [7, 11) is 0. The molecule has 3 aromatic rings. The topological polar surface area (TPSA) is 77.2 Å². The van der Waals surface area contributed by atoms with Crippen molar-refractivity contribution in [1.82, 2.24) is 15.5 Å². The minimum absolute atomic E-state index is 0.0450. The summed E-state index contributed by atoms with van der Waals surface area (Å²) in [4.78, 5) is 12.2. The summed E-state index contributed by atoms with van der Waals surface area (Å²) in [6.45, 7) is 4.57. The van der Waals surface area contributed by atoms with Crippen LogP contribution in [-0.4, -0.2) is 34.5 Å². The minimum atomic E-state index is -0.0450. The molecule has 2 aromatic carbocycles. The second-order valence-corrected chi connectivity index (χ2v) is 7.54. The van der Waals surface area contributed by atoms with E-state index in [1.165, 1.54) is 17.3 Å². The second-order valence-electron chi connectivity index (χ2n) is 6.61. The number of hydrogen-bond donors (Lipinski definition) is 1. The van der Waals surface area contributed by atoms with Crippen molar-refractivity contribution >= 4 is 17.7 Å². The molecular formula is C22H25N3O3S. The Morgan fingerprint density at radius 1 is 1.14 bits per heavy atom. The molecule has 0 fully saturated rings. The van der Waals surface area contributed by atoms with E-state index in [0.717, 1.165) is 24.2 Å². The van der Waals surface area contributed by atoms with E-state index in [1.807, 2.05) is 56.3 Å². The van der Waals surface area contributed by atoms with E-state index in [9.17, 15) is 4.79 Å². The molecule has 0 aliphatic rings. The van der Waals surface area contributed by atoms with Crippen molar-refractivity contribution in [3.8, 4) is 17.2 Å². The molecule has 0 aliphatic carbocycles. The first-order chi connectivity index (χ1) is 14.1. The van der Waals surface area contributed by atoms with Crippen LogP contribution in [-0.2, 0) is 11.2 Å². The van der Waals surface area contributed by atoms with Crippen LogP contribution in [0.4, 0.5) is 0 Å². The zero-order valence-electron chi connectivity index (χ0n) is 16.6. The smallest absolute Gasteiger partial charge is 0.277 e. The van der Waals surface area contributed by atoms with Gasteiger partial charge in [0.25, 0.3) is 5.22 Å². The van der Waals surface area contributed by atoms with Gasteiger partial charge in [-0.1, -0.05) is 42.1 Å². The van der Waals surface area contributed by atoms with Crippen molar-refractivity contribution in [3.63, 3.8) is 0 Å². The Morgan fingerprint density at radius 2 is 1.90 bits per heavy atom. The number of benzene rings is 2. The molecule has 0 saturated carbocycles. The number of nitrogens with one attached hydrogen (secondary N) is 1. The Labute approximate surface area is 175 Å². The lowest BCUT2D eigenvalue weighted by molar-refractivity contribution is -0.119. The maximum Gasteiger partial charge on any atom is 0.277 e. The molecule has 29 heavy (non-hydrogen) atoms. The van der Waals surface area contributed by atoms with E-state index in [1.54, 1.807) is 0 Å². The third kappa shape index (κ3) is 6.64. The number of thioether (sulfide) groups is 1. The molecule has 1 atom stereocenters. The van der Waals surface area contributed by atoms with Gasteiger partial charge >= 0.3 is 0 Å². The first kappa shape index (κ1) is 20.9. The maximum atomic E-state index is 12.2. The highest BCUT2D eigenvalue weighted by molar-refractivity contribution is 7.99. The zero-order chi connectivity index (χ0) is 20.5. The highest BCUT2D eigenvalue weighted by atomic mass is 32.2. The van der Waals surface area contributed by atoms with Crippen LogP contribution in [0.25, 0.3) is 11.5 Å². The van der Waals surface area contributed by atoms with E-state index in [0.29, 0.717) is 17.7 Å².